The second kappa shape index (κ2) is 16.1. The van der Waals surface area contributed by atoms with E-state index in [9.17, 15) is 0 Å². The van der Waals surface area contributed by atoms with Gasteiger partial charge in [0.25, 0.3) is 0 Å². The molecule has 0 amide bonds. The maximum atomic E-state index is 4.25. The Morgan fingerprint density at radius 3 is 2.00 bits per heavy atom. The highest BCUT2D eigenvalue weighted by atomic mass is 14.8. The maximum Gasteiger partial charge on any atom is 0.0467 e. The fraction of sp³-hybridized carbons (Fsp3) is 0.667. The van der Waals surface area contributed by atoms with Crippen LogP contribution in [0.5, 0.6) is 0 Å². The monoisotopic (exact) mass is 384 g/mol. The van der Waals surface area contributed by atoms with Crippen LogP contribution in [0.3, 0.4) is 0 Å². The maximum absolute atomic E-state index is 4.25. The van der Waals surface area contributed by atoms with Crippen molar-refractivity contribution in [3.05, 3.63) is 24.6 Å². The lowest BCUT2D eigenvalue weighted by atomic mass is 10.1. The summed E-state index contributed by atoms with van der Waals surface area (Å²) in [4.78, 5) is 16.5. The minimum atomic E-state index is 0.605. The molecule has 156 valence electrons. The summed E-state index contributed by atoms with van der Waals surface area (Å²) in [6.45, 7) is 11.1. The minimum absolute atomic E-state index is 0.605. The molecule has 4 aliphatic rings. The van der Waals surface area contributed by atoms with Crippen molar-refractivity contribution in [1.82, 2.24) is 0 Å². The van der Waals surface area contributed by atoms with Gasteiger partial charge < -0.3 is 0 Å². The molecule has 0 N–H and O–H groups in total. The fourth-order valence-electron chi connectivity index (χ4n) is 2.94. The van der Waals surface area contributed by atoms with Gasteiger partial charge in [-0.25, -0.2) is 0 Å². The first-order valence-electron chi connectivity index (χ1n) is 11.0. The number of aliphatic imine (C=N–C) groups is 4. The molecule has 0 fully saturated rings. The van der Waals surface area contributed by atoms with Gasteiger partial charge in [0.05, 0.1) is 0 Å². The van der Waals surface area contributed by atoms with E-state index in [2.05, 4.69) is 53.4 Å². The Morgan fingerprint density at radius 2 is 1.71 bits per heavy atom. The SMILES string of the molecule is C=C1CCCC=N1.CC1=NC=CCC1.CC1=NCCCC1.CC1CCCC=N1. The van der Waals surface area contributed by atoms with Crippen LogP contribution in [-0.4, -0.2) is 36.4 Å². The number of nitrogens with zero attached hydrogens (tertiary/aromatic N) is 4. The van der Waals surface area contributed by atoms with Crippen LogP contribution in [0, 0.1) is 0 Å². The lowest BCUT2D eigenvalue weighted by Crippen LogP contribution is -2.02. The van der Waals surface area contributed by atoms with E-state index in [1.165, 1.54) is 62.8 Å². The van der Waals surface area contributed by atoms with Crippen LogP contribution in [0.1, 0.15) is 91.4 Å². The Kier molecular flexibility index (Phi) is 14.0. The van der Waals surface area contributed by atoms with E-state index in [1.54, 1.807) is 0 Å². The number of rotatable bonds is 0. The molecule has 0 spiro atoms. The minimum Gasteiger partial charge on any atom is -0.295 e. The van der Waals surface area contributed by atoms with Gasteiger partial charge in [0, 0.05) is 42.1 Å². The second-order valence-corrected chi connectivity index (χ2v) is 7.74. The van der Waals surface area contributed by atoms with E-state index in [0.717, 1.165) is 31.5 Å². The van der Waals surface area contributed by atoms with E-state index in [1.807, 2.05) is 18.6 Å². The van der Waals surface area contributed by atoms with Crippen LogP contribution >= 0.6 is 0 Å². The second-order valence-electron chi connectivity index (χ2n) is 7.74. The van der Waals surface area contributed by atoms with Gasteiger partial charge in [-0.05, 0) is 97.6 Å². The van der Waals surface area contributed by atoms with Crippen molar-refractivity contribution in [3.8, 4) is 0 Å². The topological polar surface area (TPSA) is 49.4 Å². The van der Waals surface area contributed by atoms with Crippen molar-refractivity contribution in [3.63, 3.8) is 0 Å². The average Bonchev–Trinajstić information content (AvgIpc) is 2.72. The van der Waals surface area contributed by atoms with Gasteiger partial charge in [0.15, 0.2) is 0 Å². The molecule has 1 unspecified atom stereocenters. The largest absolute Gasteiger partial charge is 0.295 e. The van der Waals surface area contributed by atoms with Crippen LogP contribution in [0.15, 0.2) is 44.5 Å². The predicted octanol–water partition coefficient (Wildman–Crippen LogP) is 6.77. The molecule has 0 aromatic heterocycles. The van der Waals surface area contributed by atoms with Gasteiger partial charge in [0.2, 0.25) is 0 Å². The fourth-order valence-corrected chi connectivity index (χ4v) is 2.94. The third kappa shape index (κ3) is 14.2. The summed E-state index contributed by atoms with van der Waals surface area (Å²) in [5, 5.41) is 0. The Labute approximate surface area is 172 Å². The van der Waals surface area contributed by atoms with Gasteiger partial charge >= 0.3 is 0 Å². The van der Waals surface area contributed by atoms with Crippen molar-refractivity contribution in [2.45, 2.75) is 97.4 Å². The first kappa shape index (κ1) is 24.2. The van der Waals surface area contributed by atoms with Gasteiger partial charge in [-0.3, -0.25) is 20.0 Å². The molecule has 4 rings (SSSR count). The number of hydrogen-bond donors (Lipinski definition) is 0. The molecule has 0 bridgehead atoms. The Bertz CT molecular complexity index is 579. The molecule has 4 aliphatic heterocycles. The van der Waals surface area contributed by atoms with E-state index >= 15 is 0 Å². The van der Waals surface area contributed by atoms with Crippen molar-refractivity contribution >= 4 is 23.9 Å². The van der Waals surface area contributed by atoms with E-state index in [4.69, 9.17) is 0 Å². The van der Waals surface area contributed by atoms with Crippen LogP contribution in [0.4, 0.5) is 0 Å². The summed E-state index contributed by atoms with van der Waals surface area (Å²) in [6.07, 6.45) is 21.5. The highest BCUT2D eigenvalue weighted by Gasteiger charge is 2.00. The summed E-state index contributed by atoms with van der Waals surface area (Å²) in [5.74, 6) is 0. The Balaban J connectivity index is 0.000000187. The molecule has 4 nitrogen and oxygen atoms in total. The summed E-state index contributed by atoms with van der Waals surface area (Å²) in [7, 11) is 0. The molecule has 0 radical (unpaired) electrons. The first-order valence-corrected chi connectivity index (χ1v) is 11.0. The standard InChI is InChI=1S/2C6H11N.2C6H9N/c4*1-6-4-2-3-5-7-6/h2-5H2,1H3;5-6H,2-4H2,1H3;3,5H,2,4H2,1H3;5H,1-4H2. The third-order valence-corrected chi connectivity index (χ3v) is 4.79. The molecule has 0 aliphatic carbocycles. The predicted molar refractivity (Wildman–Crippen MR) is 127 cm³/mol. The van der Waals surface area contributed by atoms with Crippen molar-refractivity contribution in [2.75, 3.05) is 6.54 Å². The normalized spacial score (nSPS) is 23.0. The Hall–Kier alpha value is -1.84. The lowest BCUT2D eigenvalue weighted by molar-refractivity contribution is 0.617. The molecular weight excluding hydrogens is 344 g/mol. The highest BCUT2D eigenvalue weighted by Crippen LogP contribution is 2.09. The molecule has 4 heteroatoms. The van der Waals surface area contributed by atoms with Gasteiger partial charge in [-0.15, -0.1) is 0 Å². The van der Waals surface area contributed by atoms with E-state index in [0.29, 0.717) is 6.04 Å². The van der Waals surface area contributed by atoms with Crippen LogP contribution in [0.2, 0.25) is 0 Å². The van der Waals surface area contributed by atoms with Crippen LogP contribution in [-0.2, 0) is 0 Å². The molecule has 0 saturated carbocycles. The third-order valence-electron chi connectivity index (χ3n) is 4.79. The number of hydrogen-bond acceptors (Lipinski definition) is 4. The van der Waals surface area contributed by atoms with Crippen molar-refractivity contribution < 1.29 is 0 Å². The quantitative estimate of drug-likeness (QED) is 0.442. The van der Waals surface area contributed by atoms with E-state index < -0.39 is 0 Å². The zero-order chi connectivity index (χ0) is 20.5. The molecule has 28 heavy (non-hydrogen) atoms. The smallest absolute Gasteiger partial charge is 0.0467 e. The van der Waals surface area contributed by atoms with Gasteiger partial charge in [0.1, 0.15) is 0 Å². The first-order chi connectivity index (χ1) is 13.6. The van der Waals surface area contributed by atoms with Crippen molar-refractivity contribution in [1.29, 1.82) is 0 Å². The molecule has 1 atom stereocenters. The molecule has 0 aromatic rings. The number of allylic oxidation sites excluding steroid dienone is 2. The van der Waals surface area contributed by atoms with Gasteiger partial charge in [-0.2, -0.15) is 0 Å². The van der Waals surface area contributed by atoms with Crippen molar-refractivity contribution in [2.24, 2.45) is 20.0 Å². The Morgan fingerprint density at radius 1 is 0.893 bits per heavy atom. The zero-order valence-corrected chi connectivity index (χ0v) is 18.4. The molecule has 4 heterocycles. The lowest BCUT2D eigenvalue weighted by Gasteiger charge is -2.08. The van der Waals surface area contributed by atoms with Crippen LogP contribution in [0.25, 0.3) is 0 Å². The van der Waals surface area contributed by atoms with Gasteiger partial charge in [-0.1, -0.05) is 12.7 Å². The summed E-state index contributed by atoms with van der Waals surface area (Å²) in [5.41, 5.74) is 3.63. The summed E-state index contributed by atoms with van der Waals surface area (Å²) < 4.78 is 0. The average molecular weight is 385 g/mol. The zero-order valence-electron chi connectivity index (χ0n) is 18.4. The van der Waals surface area contributed by atoms with E-state index in [-0.39, 0.29) is 0 Å². The summed E-state index contributed by atoms with van der Waals surface area (Å²) >= 11 is 0. The molecular formula is C24H40N4. The van der Waals surface area contributed by atoms with Crippen LogP contribution < -0.4 is 0 Å². The molecule has 0 saturated heterocycles. The summed E-state index contributed by atoms with van der Waals surface area (Å²) in [6, 6.07) is 0.605. The highest BCUT2D eigenvalue weighted by molar-refractivity contribution is 5.83. The molecule has 0 aromatic carbocycles.